The number of carbonyl (C=O) groups excluding carboxylic acids is 3. The Hall–Kier alpha value is -2.94. The van der Waals surface area contributed by atoms with E-state index in [0.717, 1.165) is 32.1 Å². The van der Waals surface area contributed by atoms with Gasteiger partial charge in [0, 0.05) is 11.8 Å². The van der Waals surface area contributed by atoms with Gasteiger partial charge in [0.2, 0.25) is 0 Å². The van der Waals surface area contributed by atoms with E-state index in [1.54, 1.807) is 47.6 Å². The van der Waals surface area contributed by atoms with Crippen LogP contribution in [0.5, 0.6) is 11.5 Å². The van der Waals surface area contributed by atoms with Gasteiger partial charge < -0.3 is 25.1 Å². The lowest BCUT2D eigenvalue weighted by Gasteiger charge is -2.33. The molecule has 1 aromatic rings. The van der Waals surface area contributed by atoms with E-state index in [2.05, 4.69) is 0 Å². The molecule has 230 valence electrons. The van der Waals surface area contributed by atoms with Gasteiger partial charge in [-0.25, -0.2) is 0 Å². The average Bonchev–Trinajstić information content (AvgIpc) is 2.94. The summed E-state index contributed by atoms with van der Waals surface area (Å²) in [5, 5.41) is 9.89. The number of hydrogen-bond acceptors (Lipinski definition) is 8. The molecule has 0 amide bonds. The predicted molar refractivity (Wildman–Crippen MR) is 156 cm³/mol. The molecule has 1 saturated carbocycles. The maximum atomic E-state index is 13.1. The van der Waals surface area contributed by atoms with Gasteiger partial charge in [0.15, 0.2) is 11.5 Å². The van der Waals surface area contributed by atoms with Crippen LogP contribution < -0.4 is 15.2 Å². The second-order valence-electron chi connectivity index (χ2n) is 12.7. The lowest BCUT2D eigenvalue weighted by Crippen LogP contribution is -2.43. The normalized spacial score (nSPS) is 17.6. The summed E-state index contributed by atoms with van der Waals surface area (Å²) < 4.78 is 17.3. The van der Waals surface area contributed by atoms with Crippen LogP contribution in [-0.2, 0) is 23.9 Å². The van der Waals surface area contributed by atoms with E-state index in [4.69, 9.17) is 19.9 Å². The lowest BCUT2D eigenvalue weighted by atomic mass is 9.79. The van der Waals surface area contributed by atoms with E-state index in [1.807, 2.05) is 13.8 Å². The molecule has 9 heteroatoms. The van der Waals surface area contributed by atoms with E-state index in [1.165, 1.54) is 12.1 Å². The minimum atomic E-state index is -1.34. The van der Waals surface area contributed by atoms with Crippen LogP contribution in [0.1, 0.15) is 112 Å². The highest BCUT2D eigenvalue weighted by Crippen LogP contribution is 2.39. The Balaban J connectivity index is 2.49. The van der Waals surface area contributed by atoms with Crippen molar-refractivity contribution in [2.45, 2.75) is 118 Å². The first kappa shape index (κ1) is 34.3. The van der Waals surface area contributed by atoms with Crippen LogP contribution >= 0.6 is 0 Å². The SMILES string of the molecule is CCC(C)(C)C(=O)Oc1ccc(C(C(C)C(C)OC(=O)C2CCCCC2)[C@H](N)C(=O)O)cc1OC(=O)C(C)(C)CC. The van der Waals surface area contributed by atoms with Gasteiger partial charge in [0.05, 0.1) is 16.7 Å². The Bertz CT molecular complexity index is 1090. The molecule has 3 unspecified atom stereocenters. The minimum Gasteiger partial charge on any atom is -0.480 e. The molecule has 9 nitrogen and oxygen atoms in total. The summed E-state index contributed by atoms with van der Waals surface area (Å²) in [6.45, 7) is 14.3. The van der Waals surface area contributed by atoms with Gasteiger partial charge in [-0.3, -0.25) is 19.2 Å². The summed E-state index contributed by atoms with van der Waals surface area (Å²) in [4.78, 5) is 50.9. The first-order valence-electron chi connectivity index (χ1n) is 14.8. The number of benzene rings is 1. The highest BCUT2D eigenvalue weighted by Gasteiger charge is 2.38. The minimum absolute atomic E-state index is 0.00378. The van der Waals surface area contributed by atoms with E-state index in [-0.39, 0.29) is 23.4 Å². The van der Waals surface area contributed by atoms with E-state index >= 15 is 0 Å². The Morgan fingerprint density at radius 1 is 0.902 bits per heavy atom. The van der Waals surface area contributed by atoms with Crippen molar-refractivity contribution in [3.8, 4) is 11.5 Å². The molecule has 41 heavy (non-hydrogen) atoms. The van der Waals surface area contributed by atoms with Crippen molar-refractivity contribution in [2.24, 2.45) is 28.4 Å². The molecule has 1 fully saturated rings. The lowest BCUT2D eigenvalue weighted by molar-refractivity contribution is -0.157. The summed E-state index contributed by atoms with van der Waals surface area (Å²) in [5.74, 6) is -3.93. The maximum Gasteiger partial charge on any atom is 0.321 e. The monoisotopic (exact) mass is 575 g/mol. The summed E-state index contributed by atoms with van der Waals surface area (Å²) in [7, 11) is 0. The third-order valence-corrected chi connectivity index (χ3v) is 8.85. The van der Waals surface area contributed by atoms with Crippen LogP contribution in [0.25, 0.3) is 0 Å². The molecule has 4 atom stereocenters. The van der Waals surface area contributed by atoms with Crippen LogP contribution in [0, 0.1) is 22.7 Å². The van der Waals surface area contributed by atoms with Crippen molar-refractivity contribution in [3.05, 3.63) is 23.8 Å². The number of rotatable bonds is 13. The van der Waals surface area contributed by atoms with Crippen molar-refractivity contribution in [1.82, 2.24) is 0 Å². The quantitative estimate of drug-likeness (QED) is 0.213. The van der Waals surface area contributed by atoms with Crippen LogP contribution in [0.2, 0.25) is 0 Å². The summed E-state index contributed by atoms with van der Waals surface area (Å²) >= 11 is 0. The number of carboxylic acids is 1. The first-order chi connectivity index (χ1) is 19.0. The summed E-state index contributed by atoms with van der Waals surface area (Å²) in [6, 6.07) is 3.27. The Morgan fingerprint density at radius 2 is 1.41 bits per heavy atom. The fraction of sp³-hybridized carbons (Fsp3) is 0.688. The van der Waals surface area contributed by atoms with Crippen LogP contribution in [-0.4, -0.2) is 41.1 Å². The molecule has 0 aliphatic heterocycles. The predicted octanol–water partition coefficient (Wildman–Crippen LogP) is 6.01. The average molecular weight is 576 g/mol. The Morgan fingerprint density at radius 3 is 1.90 bits per heavy atom. The molecular weight excluding hydrogens is 526 g/mol. The van der Waals surface area contributed by atoms with E-state index in [9.17, 15) is 24.3 Å². The third kappa shape index (κ3) is 8.77. The molecule has 0 saturated heterocycles. The van der Waals surface area contributed by atoms with Crippen LogP contribution in [0.4, 0.5) is 0 Å². The molecule has 1 aliphatic rings. The molecule has 1 aliphatic carbocycles. The van der Waals surface area contributed by atoms with Gasteiger partial charge in [0.25, 0.3) is 0 Å². The van der Waals surface area contributed by atoms with Gasteiger partial charge in [-0.2, -0.15) is 0 Å². The van der Waals surface area contributed by atoms with Crippen LogP contribution in [0.3, 0.4) is 0 Å². The zero-order valence-electron chi connectivity index (χ0n) is 26.0. The number of nitrogens with two attached hydrogens (primary N) is 1. The number of esters is 3. The van der Waals surface area contributed by atoms with Crippen molar-refractivity contribution in [1.29, 1.82) is 0 Å². The van der Waals surface area contributed by atoms with Crippen molar-refractivity contribution >= 4 is 23.9 Å². The van der Waals surface area contributed by atoms with Gasteiger partial charge in [-0.05, 0) is 78.0 Å². The van der Waals surface area contributed by atoms with Crippen molar-refractivity contribution in [2.75, 3.05) is 0 Å². The van der Waals surface area contributed by atoms with Gasteiger partial charge in [-0.15, -0.1) is 0 Å². The summed E-state index contributed by atoms with van der Waals surface area (Å²) in [6.07, 6.45) is 5.06. The highest BCUT2D eigenvalue weighted by atomic mass is 16.6. The molecule has 0 bridgehead atoms. The van der Waals surface area contributed by atoms with E-state index < -0.39 is 52.7 Å². The topological polar surface area (TPSA) is 142 Å². The first-order valence-corrected chi connectivity index (χ1v) is 14.8. The molecule has 0 aromatic heterocycles. The smallest absolute Gasteiger partial charge is 0.321 e. The number of carbonyl (C=O) groups is 4. The molecule has 0 radical (unpaired) electrons. The Labute approximate surface area is 244 Å². The largest absolute Gasteiger partial charge is 0.480 e. The molecule has 3 N–H and O–H groups in total. The van der Waals surface area contributed by atoms with Crippen LogP contribution in [0.15, 0.2) is 18.2 Å². The maximum absolute atomic E-state index is 13.1. The molecule has 0 spiro atoms. The second kappa shape index (κ2) is 14.3. The molecule has 0 heterocycles. The Kier molecular flexibility index (Phi) is 11.9. The number of carboxylic acid groups (broad SMARTS) is 1. The fourth-order valence-corrected chi connectivity index (χ4v) is 4.67. The highest BCUT2D eigenvalue weighted by molar-refractivity contribution is 5.82. The van der Waals surface area contributed by atoms with Crippen molar-refractivity contribution < 1.29 is 38.5 Å². The zero-order chi connectivity index (χ0) is 31.1. The zero-order valence-corrected chi connectivity index (χ0v) is 26.0. The standard InChI is InChI=1S/C32H49NO8/c1-9-31(5,6)29(37)40-23-17-16-22(18-24(23)41-30(38)32(7,8)10-2)25(26(33)27(34)35)19(3)20(4)39-28(36)21-14-12-11-13-15-21/h16-21,25-26H,9-15,33H2,1-8H3,(H,34,35)/t19?,20?,25?,26-/m0/s1. The van der Waals surface area contributed by atoms with Gasteiger partial charge in [-0.1, -0.05) is 46.1 Å². The molecule has 1 aromatic carbocycles. The van der Waals surface area contributed by atoms with E-state index in [0.29, 0.717) is 18.4 Å². The van der Waals surface area contributed by atoms with Crippen molar-refractivity contribution in [3.63, 3.8) is 0 Å². The molecule has 2 rings (SSSR count). The third-order valence-electron chi connectivity index (χ3n) is 8.85. The number of aliphatic carboxylic acids is 1. The van der Waals surface area contributed by atoms with Gasteiger partial charge in [0.1, 0.15) is 12.1 Å². The fourth-order valence-electron chi connectivity index (χ4n) is 4.67. The summed E-state index contributed by atoms with van der Waals surface area (Å²) in [5.41, 5.74) is 5.08. The number of hydrogen-bond donors (Lipinski definition) is 2. The number of ether oxygens (including phenoxy) is 3. The second-order valence-corrected chi connectivity index (χ2v) is 12.7. The van der Waals surface area contributed by atoms with Gasteiger partial charge >= 0.3 is 23.9 Å². The molecular formula is C32H49NO8.